The van der Waals surface area contributed by atoms with Gasteiger partial charge in [0.05, 0.1) is 5.69 Å². The maximum Gasteiger partial charge on any atom is 0.269 e. The van der Waals surface area contributed by atoms with Gasteiger partial charge in [-0.15, -0.1) is 0 Å². The first kappa shape index (κ1) is 15.5. The highest BCUT2D eigenvalue weighted by molar-refractivity contribution is 5.76. The van der Waals surface area contributed by atoms with Gasteiger partial charge in [0.1, 0.15) is 18.2 Å². The SMILES string of the molecule is CNC(=O)Cn1c(-c2ccc(C)c(C)c2)ccc(C#N)c1=O. The Balaban J connectivity index is 2.67. The van der Waals surface area contributed by atoms with Gasteiger partial charge >= 0.3 is 0 Å². The number of aryl methyl sites for hydroxylation is 2. The molecule has 0 saturated carbocycles. The molecule has 0 aliphatic rings. The average molecular weight is 295 g/mol. The number of benzene rings is 1. The minimum atomic E-state index is -0.457. The fraction of sp³-hybridized carbons (Fsp3) is 0.235. The van der Waals surface area contributed by atoms with E-state index in [1.165, 1.54) is 17.7 Å². The van der Waals surface area contributed by atoms with E-state index < -0.39 is 5.56 Å². The summed E-state index contributed by atoms with van der Waals surface area (Å²) in [7, 11) is 1.51. The zero-order valence-electron chi connectivity index (χ0n) is 12.8. The molecule has 1 amide bonds. The molecule has 5 nitrogen and oxygen atoms in total. The number of hydrogen-bond acceptors (Lipinski definition) is 3. The van der Waals surface area contributed by atoms with Crippen molar-refractivity contribution in [2.24, 2.45) is 0 Å². The second kappa shape index (κ2) is 6.27. The number of nitriles is 1. The smallest absolute Gasteiger partial charge is 0.269 e. The van der Waals surface area contributed by atoms with Crippen LogP contribution in [0.1, 0.15) is 16.7 Å². The van der Waals surface area contributed by atoms with Gasteiger partial charge in [-0.1, -0.05) is 12.1 Å². The van der Waals surface area contributed by atoms with Gasteiger partial charge in [0.25, 0.3) is 5.56 Å². The number of carbonyl (C=O) groups is 1. The Kier molecular flexibility index (Phi) is 4.42. The highest BCUT2D eigenvalue weighted by Gasteiger charge is 2.13. The van der Waals surface area contributed by atoms with Crippen LogP contribution < -0.4 is 10.9 Å². The third kappa shape index (κ3) is 2.91. The summed E-state index contributed by atoms with van der Waals surface area (Å²) in [6.07, 6.45) is 0. The molecule has 0 unspecified atom stereocenters. The lowest BCUT2D eigenvalue weighted by Gasteiger charge is -2.14. The summed E-state index contributed by atoms with van der Waals surface area (Å²) < 4.78 is 1.33. The lowest BCUT2D eigenvalue weighted by molar-refractivity contribution is -0.121. The summed E-state index contributed by atoms with van der Waals surface area (Å²) in [5, 5.41) is 11.5. The molecule has 0 spiro atoms. The van der Waals surface area contributed by atoms with Gasteiger partial charge in [-0.3, -0.25) is 14.2 Å². The molecule has 1 N–H and O–H groups in total. The van der Waals surface area contributed by atoms with Crippen LogP contribution in [-0.4, -0.2) is 17.5 Å². The van der Waals surface area contributed by atoms with E-state index >= 15 is 0 Å². The highest BCUT2D eigenvalue weighted by Crippen LogP contribution is 2.21. The van der Waals surface area contributed by atoms with Crippen LogP contribution in [-0.2, 0) is 11.3 Å². The van der Waals surface area contributed by atoms with Crippen LogP contribution in [0.2, 0.25) is 0 Å². The molecule has 2 aromatic rings. The van der Waals surface area contributed by atoms with E-state index in [1.54, 1.807) is 6.07 Å². The molecule has 0 fully saturated rings. The summed E-state index contributed by atoms with van der Waals surface area (Å²) in [5.74, 6) is -0.290. The highest BCUT2D eigenvalue weighted by atomic mass is 16.2. The first-order chi connectivity index (χ1) is 10.5. The number of amides is 1. The largest absolute Gasteiger partial charge is 0.358 e. The van der Waals surface area contributed by atoms with Gasteiger partial charge in [-0.25, -0.2) is 0 Å². The molecule has 0 radical (unpaired) electrons. The number of likely N-dealkylation sites (N-methyl/N-ethyl adjacent to an activating group) is 1. The second-order valence-corrected chi connectivity index (χ2v) is 5.11. The number of rotatable bonds is 3. The Labute approximate surface area is 128 Å². The van der Waals surface area contributed by atoms with Gasteiger partial charge < -0.3 is 5.32 Å². The van der Waals surface area contributed by atoms with E-state index in [1.807, 2.05) is 38.1 Å². The zero-order valence-corrected chi connectivity index (χ0v) is 12.8. The molecule has 0 aliphatic heterocycles. The number of hydrogen-bond donors (Lipinski definition) is 1. The molecule has 5 heteroatoms. The predicted octanol–water partition coefficient (Wildman–Crippen LogP) is 1.75. The van der Waals surface area contributed by atoms with Crippen molar-refractivity contribution in [3.8, 4) is 17.3 Å². The number of nitrogens with one attached hydrogen (secondary N) is 1. The topological polar surface area (TPSA) is 74.9 Å². The van der Waals surface area contributed by atoms with E-state index in [0.717, 1.165) is 16.7 Å². The molecule has 0 saturated heterocycles. The number of pyridine rings is 1. The summed E-state index contributed by atoms with van der Waals surface area (Å²) in [4.78, 5) is 24.0. The molecule has 112 valence electrons. The third-order valence-electron chi connectivity index (χ3n) is 3.68. The van der Waals surface area contributed by atoms with Crippen molar-refractivity contribution < 1.29 is 4.79 Å². The molecule has 0 bridgehead atoms. The third-order valence-corrected chi connectivity index (χ3v) is 3.68. The molecule has 1 aromatic carbocycles. The van der Waals surface area contributed by atoms with Crippen LogP contribution in [0.5, 0.6) is 0 Å². The normalized spacial score (nSPS) is 10.1. The van der Waals surface area contributed by atoms with Crippen LogP contribution in [0, 0.1) is 25.2 Å². The monoisotopic (exact) mass is 295 g/mol. The van der Waals surface area contributed by atoms with Crippen molar-refractivity contribution in [3.05, 3.63) is 57.4 Å². The Bertz CT molecular complexity index is 829. The summed E-state index contributed by atoms with van der Waals surface area (Å²) in [6.45, 7) is 3.88. The van der Waals surface area contributed by atoms with Crippen LogP contribution in [0.3, 0.4) is 0 Å². The van der Waals surface area contributed by atoms with Gasteiger partial charge in [0.2, 0.25) is 5.91 Å². The summed E-state index contributed by atoms with van der Waals surface area (Å²) >= 11 is 0. The summed E-state index contributed by atoms with van der Waals surface area (Å²) in [5.41, 5.74) is 3.28. The molecule has 2 rings (SSSR count). The Morgan fingerprint density at radius 2 is 1.95 bits per heavy atom. The first-order valence-electron chi connectivity index (χ1n) is 6.90. The summed E-state index contributed by atoms with van der Waals surface area (Å²) in [6, 6.07) is 10.9. The van der Waals surface area contributed by atoms with Crippen LogP contribution in [0.25, 0.3) is 11.3 Å². The molecule has 1 aromatic heterocycles. The van der Waals surface area contributed by atoms with Crippen molar-refractivity contribution >= 4 is 5.91 Å². The average Bonchev–Trinajstić information content (AvgIpc) is 2.51. The molecular formula is C17H17N3O2. The first-order valence-corrected chi connectivity index (χ1v) is 6.90. The molecule has 0 aliphatic carbocycles. The van der Waals surface area contributed by atoms with Crippen LogP contribution >= 0.6 is 0 Å². The fourth-order valence-corrected chi connectivity index (χ4v) is 2.20. The van der Waals surface area contributed by atoms with Crippen molar-refractivity contribution in [2.75, 3.05) is 7.05 Å². The maximum absolute atomic E-state index is 12.4. The lowest BCUT2D eigenvalue weighted by atomic mass is 10.0. The Hall–Kier alpha value is -2.87. The fourth-order valence-electron chi connectivity index (χ4n) is 2.20. The number of carbonyl (C=O) groups excluding carboxylic acids is 1. The zero-order chi connectivity index (χ0) is 16.3. The minimum absolute atomic E-state index is 0.0245. The van der Waals surface area contributed by atoms with Gasteiger partial charge in [-0.05, 0) is 48.7 Å². The molecular weight excluding hydrogens is 278 g/mol. The predicted molar refractivity (Wildman–Crippen MR) is 84.4 cm³/mol. The molecule has 22 heavy (non-hydrogen) atoms. The Morgan fingerprint density at radius 3 is 2.55 bits per heavy atom. The van der Waals surface area contributed by atoms with Crippen molar-refractivity contribution in [1.29, 1.82) is 5.26 Å². The maximum atomic E-state index is 12.4. The van der Waals surface area contributed by atoms with Gasteiger partial charge in [0.15, 0.2) is 0 Å². The van der Waals surface area contributed by atoms with E-state index in [-0.39, 0.29) is 18.0 Å². The van der Waals surface area contributed by atoms with E-state index in [0.29, 0.717) is 5.69 Å². The van der Waals surface area contributed by atoms with E-state index in [4.69, 9.17) is 5.26 Å². The van der Waals surface area contributed by atoms with E-state index in [2.05, 4.69) is 5.32 Å². The van der Waals surface area contributed by atoms with Crippen molar-refractivity contribution in [3.63, 3.8) is 0 Å². The Morgan fingerprint density at radius 1 is 1.23 bits per heavy atom. The molecule has 0 atom stereocenters. The second-order valence-electron chi connectivity index (χ2n) is 5.11. The number of nitrogens with zero attached hydrogens (tertiary/aromatic N) is 2. The van der Waals surface area contributed by atoms with Crippen molar-refractivity contribution in [2.45, 2.75) is 20.4 Å². The van der Waals surface area contributed by atoms with Gasteiger partial charge in [0, 0.05) is 7.05 Å². The standard InChI is InChI=1S/C17H17N3O2/c1-11-4-5-13(8-12(11)2)15-7-6-14(9-18)17(22)20(15)10-16(21)19-3/h4-8H,10H2,1-3H3,(H,19,21). The van der Waals surface area contributed by atoms with E-state index in [9.17, 15) is 9.59 Å². The molecule has 1 heterocycles. The van der Waals surface area contributed by atoms with Crippen molar-refractivity contribution in [1.82, 2.24) is 9.88 Å². The van der Waals surface area contributed by atoms with Crippen LogP contribution in [0.15, 0.2) is 35.1 Å². The number of aromatic nitrogens is 1. The van der Waals surface area contributed by atoms with Gasteiger partial charge in [-0.2, -0.15) is 5.26 Å². The minimum Gasteiger partial charge on any atom is -0.358 e. The quantitative estimate of drug-likeness (QED) is 0.937. The van der Waals surface area contributed by atoms with Crippen LogP contribution in [0.4, 0.5) is 0 Å². The lowest BCUT2D eigenvalue weighted by Crippen LogP contribution is -2.32.